The number of hydrogen-bond acceptors (Lipinski definition) is 2. The fourth-order valence-corrected chi connectivity index (χ4v) is 3.61. The molecule has 2 heteroatoms. The Balaban J connectivity index is 1.54. The topological polar surface area (TPSA) is 38.0 Å². The number of hydrogen-bond donors (Lipinski definition) is 2. The van der Waals surface area contributed by atoms with Crippen molar-refractivity contribution in [2.45, 2.75) is 63.6 Å². The molecule has 2 atom stereocenters. The number of nitrogens with two attached hydrogens (primary N) is 1. The molecule has 1 aromatic rings. The van der Waals surface area contributed by atoms with Crippen LogP contribution in [0.25, 0.3) is 6.08 Å². The molecule has 0 amide bonds. The Bertz CT molecular complexity index is 472. The van der Waals surface area contributed by atoms with Gasteiger partial charge in [-0.05, 0) is 50.0 Å². The zero-order valence-corrected chi connectivity index (χ0v) is 13.1. The molecule has 0 bridgehead atoms. The first-order chi connectivity index (χ1) is 10.3. The van der Waals surface area contributed by atoms with Crippen LogP contribution in [0.15, 0.2) is 35.9 Å². The SMILES string of the molecule is CC/C(=C\c1ccccc1)C1CC1NC1CCC(N)CC1. The maximum absolute atomic E-state index is 5.99. The van der Waals surface area contributed by atoms with Gasteiger partial charge in [-0.2, -0.15) is 0 Å². The summed E-state index contributed by atoms with van der Waals surface area (Å²) >= 11 is 0. The smallest absolute Gasteiger partial charge is 0.0142 e. The molecule has 2 unspecified atom stereocenters. The second-order valence-electron chi connectivity index (χ2n) is 6.71. The Kier molecular flexibility index (Phi) is 4.77. The monoisotopic (exact) mass is 284 g/mol. The van der Waals surface area contributed by atoms with Crippen molar-refractivity contribution in [2.24, 2.45) is 11.7 Å². The lowest BCUT2D eigenvalue weighted by molar-refractivity contribution is 0.338. The molecule has 1 aromatic carbocycles. The molecular weight excluding hydrogens is 256 g/mol. The van der Waals surface area contributed by atoms with Gasteiger partial charge in [0, 0.05) is 18.1 Å². The van der Waals surface area contributed by atoms with E-state index in [1.54, 1.807) is 5.57 Å². The predicted octanol–water partition coefficient (Wildman–Crippen LogP) is 3.73. The first kappa shape index (κ1) is 14.8. The Morgan fingerprint density at radius 2 is 1.90 bits per heavy atom. The summed E-state index contributed by atoms with van der Waals surface area (Å²) in [7, 11) is 0. The molecule has 0 heterocycles. The van der Waals surface area contributed by atoms with E-state index in [-0.39, 0.29) is 0 Å². The number of rotatable bonds is 5. The van der Waals surface area contributed by atoms with Crippen molar-refractivity contribution in [3.8, 4) is 0 Å². The van der Waals surface area contributed by atoms with Crippen molar-refractivity contribution in [2.75, 3.05) is 0 Å². The van der Waals surface area contributed by atoms with E-state index in [9.17, 15) is 0 Å². The molecule has 2 saturated carbocycles. The maximum atomic E-state index is 5.99. The van der Waals surface area contributed by atoms with Gasteiger partial charge < -0.3 is 11.1 Å². The van der Waals surface area contributed by atoms with Gasteiger partial charge in [0.25, 0.3) is 0 Å². The van der Waals surface area contributed by atoms with E-state index in [2.05, 4.69) is 48.6 Å². The van der Waals surface area contributed by atoms with Gasteiger partial charge in [0.05, 0.1) is 0 Å². The molecule has 0 spiro atoms. The van der Waals surface area contributed by atoms with Crippen LogP contribution in [0.2, 0.25) is 0 Å². The zero-order valence-electron chi connectivity index (χ0n) is 13.1. The number of benzene rings is 1. The summed E-state index contributed by atoms with van der Waals surface area (Å²) in [5.74, 6) is 0.755. The normalized spacial score (nSPS) is 33.0. The highest BCUT2D eigenvalue weighted by atomic mass is 15.0. The van der Waals surface area contributed by atoms with E-state index < -0.39 is 0 Å². The summed E-state index contributed by atoms with van der Waals surface area (Å²) in [6.45, 7) is 2.28. The largest absolute Gasteiger partial charge is 0.328 e. The van der Waals surface area contributed by atoms with Crippen molar-refractivity contribution in [1.29, 1.82) is 0 Å². The van der Waals surface area contributed by atoms with Crippen LogP contribution in [-0.2, 0) is 0 Å². The molecular formula is C19H28N2. The van der Waals surface area contributed by atoms with Crippen LogP contribution in [0.3, 0.4) is 0 Å². The third kappa shape index (κ3) is 3.96. The van der Waals surface area contributed by atoms with Gasteiger partial charge in [0.2, 0.25) is 0 Å². The Labute approximate surface area is 128 Å². The van der Waals surface area contributed by atoms with Crippen molar-refractivity contribution >= 4 is 6.08 Å². The van der Waals surface area contributed by atoms with Crippen molar-refractivity contribution in [1.82, 2.24) is 5.32 Å². The van der Waals surface area contributed by atoms with Gasteiger partial charge in [0.1, 0.15) is 0 Å². The van der Waals surface area contributed by atoms with Crippen LogP contribution >= 0.6 is 0 Å². The molecule has 2 aliphatic rings. The van der Waals surface area contributed by atoms with Crippen LogP contribution < -0.4 is 11.1 Å². The molecule has 21 heavy (non-hydrogen) atoms. The van der Waals surface area contributed by atoms with Gasteiger partial charge >= 0.3 is 0 Å². The van der Waals surface area contributed by atoms with E-state index in [4.69, 9.17) is 5.73 Å². The quantitative estimate of drug-likeness (QED) is 0.864. The lowest BCUT2D eigenvalue weighted by Crippen LogP contribution is -2.38. The number of nitrogens with one attached hydrogen (secondary N) is 1. The highest BCUT2D eigenvalue weighted by Crippen LogP contribution is 2.40. The average Bonchev–Trinajstić information content (AvgIpc) is 3.27. The van der Waals surface area contributed by atoms with E-state index in [1.807, 2.05) is 0 Å². The van der Waals surface area contributed by atoms with Crippen LogP contribution in [0.5, 0.6) is 0 Å². The van der Waals surface area contributed by atoms with Crippen LogP contribution in [-0.4, -0.2) is 18.1 Å². The molecule has 0 aromatic heterocycles. The summed E-state index contributed by atoms with van der Waals surface area (Å²) in [5, 5.41) is 3.87. The molecule has 0 radical (unpaired) electrons. The minimum atomic E-state index is 0.447. The molecule has 3 rings (SSSR count). The van der Waals surface area contributed by atoms with Crippen LogP contribution in [0, 0.1) is 5.92 Å². The average molecular weight is 284 g/mol. The zero-order chi connectivity index (χ0) is 14.7. The molecule has 2 fully saturated rings. The van der Waals surface area contributed by atoms with Crippen molar-refractivity contribution in [3.63, 3.8) is 0 Å². The fraction of sp³-hybridized carbons (Fsp3) is 0.579. The molecule has 2 nitrogen and oxygen atoms in total. The van der Waals surface area contributed by atoms with Gasteiger partial charge in [-0.25, -0.2) is 0 Å². The van der Waals surface area contributed by atoms with E-state index in [0.29, 0.717) is 18.1 Å². The van der Waals surface area contributed by atoms with E-state index >= 15 is 0 Å². The Morgan fingerprint density at radius 1 is 1.19 bits per heavy atom. The van der Waals surface area contributed by atoms with Gasteiger partial charge in [0.15, 0.2) is 0 Å². The second kappa shape index (κ2) is 6.76. The van der Waals surface area contributed by atoms with Crippen molar-refractivity contribution < 1.29 is 0 Å². The van der Waals surface area contributed by atoms with Gasteiger partial charge in [-0.15, -0.1) is 0 Å². The molecule has 114 valence electrons. The summed E-state index contributed by atoms with van der Waals surface area (Å²) < 4.78 is 0. The van der Waals surface area contributed by atoms with Crippen LogP contribution in [0.1, 0.15) is 51.0 Å². The summed E-state index contributed by atoms with van der Waals surface area (Å²) in [4.78, 5) is 0. The third-order valence-electron chi connectivity index (χ3n) is 5.05. The molecule has 3 N–H and O–H groups in total. The summed E-state index contributed by atoms with van der Waals surface area (Å²) in [5.41, 5.74) is 8.93. The van der Waals surface area contributed by atoms with E-state index in [0.717, 1.165) is 12.3 Å². The lowest BCUT2D eigenvalue weighted by Gasteiger charge is -2.27. The fourth-order valence-electron chi connectivity index (χ4n) is 3.61. The molecule has 0 saturated heterocycles. The van der Waals surface area contributed by atoms with Crippen LogP contribution in [0.4, 0.5) is 0 Å². The van der Waals surface area contributed by atoms with E-state index in [1.165, 1.54) is 37.7 Å². The minimum absolute atomic E-state index is 0.447. The molecule has 2 aliphatic carbocycles. The molecule has 0 aliphatic heterocycles. The maximum Gasteiger partial charge on any atom is 0.0142 e. The minimum Gasteiger partial charge on any atom is -0.328 e. The third-order valence-corrected chi connectivity index (χ3v) is 5.05. The predicted molar refractivity (Wildman–Crippen MR) is 90.0 cm³/mol. The van der Waals surface area contributed by atoms with Crippen molar-refractivity contribution in [3.05, 3.63) is 41.5 Å². The Hall–Kier alpha value is -1.12. The second-order valence-corrected chi connectivity index (χ2v) is 6.71. The first-order valence-electron chi connectivity index (χ1n) is 8.53. The highest BCUT2D eigenvalue weighted by Gasteiger charge is 2.40. The van der Waals surface area contributed by atoms with Gasteiger partial charge in [-0.1, -0.05) is 48.9 Å². The highest BCUT2D eigenvalue weighted by molar-refractivity contribution is 5.54. The summed E-state index contributed by atoms with van der Waals surface area (Å²) in [6.07, 6.45) is 9.76. The summed E-state index contributed by atoms with van der Waals surface area (Å²) in [6, 6.07) is 12.6. The van der Waals surface area contributed by atoms with Gasteiger partial charge in [-0.3, -0.25) is 0 Å². The lowest BCUT2D eigenvalue weighted by atomic mass is 9.91. The standard InChI is InChI=1S/C19H28N2/c1-2-15(12-14-6-4-3-5-7-14)18-13-19(18)21-17-10-8-16(20)9-11-17/h3-7,12,16-19,21H,2,8-11,13,20H2,1H3/b15-12+. The first-order valence-corrected chi connectivity index (χ1v) is 8.53. The Morgan fingerprint density at radius 3 is 2.57 bits per heavy atom.